The van der Waals surface area contributed by atoms with E-state index in [-0.39, 0.29) is 11.8 Å². The molecule has 0 aliphatic carbocycles. The second-order valence-electron chi connectivity index (χ2n) is 6.48. The van der Waals surface area contributed by atoms with E-state index in [0.29, 0.717) is 5.92 Å². The lowest BCUT2D eigenvalue weighted by atomic mass is 9.92. The maximum atomic E-state index is 12.4. The molecule has 0 spiro atoms. The van der Waals surface area contributed by atoms with Gasteiger partial charge in [0, 0.05) is 11.6 Å². The van der Waals surface area contributed by atoms with Gasteiger partial charge in [-0.15, -0.1) is 0 Å². The molecule has 0 aromatic heterocycles. The molecule has 1 N–H and O–H groups in total. The number of para-hydroxylation sites is 1. The molecule has 1 unspecified atom stereocenters. The number of hydrogen-bond donors (Lipinski definition) is 1. The number of rotatable bonds is 3. The molecular weight excluding hydrogens is 270 g/mol. The molecule has 1 amide bonds. The van der Waals surface area contributed by atoms with Gasteiger partial charge < -0.3 is 5.32 Å². The van der Waals surface area contributed by atoms with Crippen molar-refractivity contribution in [3.05, 3.63) is 65.2 Å². The predicted octanol–water partition coefficient (Wildman–Crippen LogP) is 4.55. The summed E-state index contributed by atoms with van der Waals surface area (Å²) in [6.07, 6.45) is 2.69. The minimum Gasteiger partial charge on any atom is -0.326 e. The van der Waals surface area contributed by atoms with Crippen LogP contribution >= 0.6 is 0 Å². The number of carbonyl (C=O) groups excluding carboxylic acids is 1. The monoisotopic (exact) mass is 293 g/mol. The Morgan fingerprint density at radius 2 is 1.82 bits per heavy atom. The first kappa shape index (κ1) is 14.8. The Labute approximate surface area is 132 Å². The van der Waals surface area contributed by atoms with Gasteiger partial charge in [0.1, 0.15) is 0 Å². The van der Waals surface area contributed by atoms with Crippen LogP contribution in [0.2, 0.25) is 0 Å². The number of fused-ring (bicyclic) bond motifs is 1. The summed E-state index contributed by atoms with van der Waals surface area (Å²) >= 11 is 0. The number of nitrogens with one attached hydrogen (secondary N) is 1. The Balaban J connectivity index is 1.72. The zero-order chi connectivity index (χ0) is 15.5. The molecule has 2 nitrogen and oxygen atoms in total. The van der Waals surface area contributed by atoms with Crippen molar-refractivity contribution in [1.29, 1.82) is 0 Å². The van der Waals surface area contributed by atoms with Gasteiger partial charge >= 0.3 is 0 Å². The van der Waals surface area contributed by atoms with Crippen LogP contribution in [0.5, 0.6) is 0 Å². The molecule has 1 aliphatic rings. The summed E-state index contributed by atoms with van der Waals surface area (Å²) in [5.74, 6) is 0.750. The zero-order valence-electron chi connectivity index (χ0n) is 13.3. The quantitative estimate of drug-likeness (QED) is 0.883. The van der Waals surface area contributed by atoms with Crippen molar-refractivity contribution < 1.29 is 4.79 Å². The van der Waals surface area contributed by atoms with Gasteiger partial charge in [0.2, 0.25) is 5.91 Å². The van der Waals surface area contributed by atoms with Gasteiger partial charge in [0.05, 0.1) is 0 Å². The van der Waals surface area contributed by atoms with Crippen molar-refractivity contribution in [3.8, 4) is 0 Å². The van der Waals surface area contributed by atoms with Gasteiger partial charge in [0.25, 0.3) is 0 Å². The van der Waals surface area contributed by atoms with Gasteiger partial charge in [0.15, 0.2) is 0 Å². The number of anilines is 1. The van der Waals surface area contributed by atoms with E-state index in [4.69, 9.17) is 0 Å². The lowest BCUT2D eigenvalue weighted by Crippen LogP contribution is -2.23. The summed E-state index contributed by atoms with van der Waals surface area (Å²) in [4.78, 5) is 12.4. The first-order chi connectivity index (χ1) is 10.6. The molecule has 1 atom stereocenters. The third-order valence-electron chi connectivity index (χ3n) is 4.54. The lowest BCUT2D eigenvalue weighted by Gasteiger charge is -2.14. The highest BCUT2D eigenvalue weighted by atomic mass is 16.1. The molecular formula is C20H23NO. The normalized spacial score (nSPS) is 17.8. The summed E-state index contributed by atoms with van der Waals surface area (Å²) in [7, 11) is 0. The van der Waals surface area contributed by atoms with E-state index in [0.717, 1.165) is 24.9 Å². The van der Waals surface area contributed by atoms with Crippen LogP contribution in [0.3, 0.4) is 0 Å². The molecule has 1 heterocycles. The third kappa shape index (κ3) is 3.22. The summed E-state index contributed by atoms with van der Waals surface area (Å²) in [6, 6.07) is 16.8. The van der Waals surface area contributed by atoms with Crippen molar-refractivity contribution >= 4 is 11.6 Å². The molecule has 0 bridgehead atoms. The van der Waals surface area contributed by atoms with Gasteiger partial charge in [-0.2, -0.15) is 0 Å². The Morgan fingerprint density at radius 3 is 2.55 bits per heavy atom. The number of hydrogen-bond acceptors (Lipinski definition) is 1. The average molecular weight is 293 g/mol. The van der Waals surface area contributed by atoms with E-state index in [1.807, 2.05) is 18.2 Å². The molecule has 0 radical (unpaired) electrons. The first-order valence-electron chi connectivity index (χ1n) is 8.11. The molecule has 0 fully saturated rings. The number of benzene rings is 2. The Bertz CT molecular complexity index is 658. The van der Waals surface area contributed by atoms with Crippen molar-refractivity contribution in [3.63, 3.8) is 0 Å². The lowest BCUT2D eigenvalue weighted by molar-refractivity contribution is -0.119. The van der Waals surface area contributed by atoms with Crippen molar-refractivity contribution in [2.75, 3.05) is 5.32 Å². The standard InChI is InChI=1S/C20H23NO/c1-14(2)16-9-7-15(8-10-16)13-18-12-11-17-5-3-4-6-19(17)21-20(18)22/h3-10,14,18H,11-13H2,1-2H3,(H,21,22). The van der Waals surface area contributed by atoms with Gasteiger partial charge in [-0.1, -0.05) is 56.3 Å². The van der Waals surface area contributed by atoms with Crippen molar-refractivity contribution in [1.82, 2.24) is 0 Å². The molecule has 1 aliphatic heterocycles. The Morgan fingerprint density at radius 1 is 1.09 bits per heavy atom. The molecule has 2 aromatic rings. The molecule has 0 saturated heterocycles. The highest BCUT2D eigenvalue weighted by Crippen LogP contribution is 2.26. The van der Waals surface area contributed by atoms with Gasteiger partial charge in [-0.05, 0) is 47.9 Å². The molecule has 114 valence electrons. The van der Waals surface area contributed by atoms with Crippen LogP contribution in [0.25, 0.3) is 0 Å². The maximum absolute atomic E-state index is 12.4. The van der Waals surface area contributed by atoms with Crippen LogP contribution in [0.1, 0.15) is 42.9 Å². The van der Waals surface area contributed by atoms with Gasteiger partial charge in [-0.3, -0.25) is 4.79 Å². The minimum absolute atomic E-state index is 0.0531. The molecule has 0 saturated carbocycles. The summed E-state index contributed by atoms with van der Waals surface area (Å²) < 4.78 is 0. The van der Waals surface area contributed by atoms with E-state index >= 15 is 0 Å². The van der Waals surface area contributed by atoms with Crippen LogP contribution in [0, 0.1) is 5.92 Å². The SMILES string of the molecule is CC(C)c1ccc(CC2CCc3ccccc3NC2=O)cc1. The van der Waals surface area contributed by atoms with E-state index in [1.54, 1.807) is 0 Å². The Hall–Kier alpha value is -2.09. The fraction of sp³-hybridized carbons (Fsp3) is 0.350. The van der Waals surface area contributed by atoms with Crippen LogP contribution in [0.15, 0.2) is 48.5 Å². The first-order valence-corrected chi connectivity index (χ1v) is 8.11. The van der Waals surface area contributed by atoms with Gasteiger partial charge in [-0.25, -0.2) is 0 Å². The highest BCUT2D eigenvalue weighted by Gasteiger charge is 2.23. The van der Waals surface area contributed by atoms with Crippen molar-refractivity contribution in [2.45, 2.75) is 39.0 Å². The minimum atomic E-state index is 0.0531. The van der Waals surface area contributed by atoms with Crippen LogP contribution in [0.4, 0.5) is 5.69 Å². The molecule has 22 heavy (non-hydrogen) atoms. The number of amides is 1. The average Bonchev–Trinajstić information content (AvgIpc) is 2.67. The van der Waals surface area contributed by atoms with E-state index < -0.39 is 0 Å². The smallest absolute Gasteiger partial charge is 0.227 e. The van der Waals surface area contributed by atoms with Crippen LogP contribution in [-0.4, -0.2) is 5.91 Å². The summed E-state index contributed by atoms with van der Waals surface area (Å²) in [5, 5.41) is 3.08. The summed E-state index contributed by atoms with van der Waals surface area (Å²) in [5.41, 5.74) is 4.82. The Kier molecular flexibility index (Phi) is 4.28. The van der Waals surface area contributed by atoms with Crippen LogP contribution in [-0.2, 0) is 17.6 Å². The second kappa shape index (κ2) is 6.35. The van der Waals surface area contributed by atoms with Crippen LogP contribution < -0.4 is 5.32 Å². The van der Waals surface area contributed by atoms with E-state index in [1.165, 1.54) is 16.7 Å². The van der Waals surface area contributed by atoms with E-state index in [2.05, 4.69) is 49.5 Å². The number of carbonyl (C=O) groups is 1. The largest absolute Gasteiger partial charge is 0.326 e. The van der Waals surface area contributed by atoms with E-state index in [9.17, 15) is 4.79 Å². The molecule has 3 rings (SSSR count). The third-order valence-corrected chi connectivity index (χ3v) is 4.54. The summed E-state index contributed by atoms with van der Waals surface area (Å²) in [6.45, 7) is 4.40. The fourth-order valence-electron chi connectivity index (χ4n) is 3.07. The second-order valence-corrected chi connectivity index (χ2v) is 6.48. The zero-order valence-corrected chi connectivity index (χ0v) is 13.3. The highest BCUT2D eigenvalue weighted by molar-refractivity contribution is 5.94. The number of aryl methyl sites for hydroxylation is 1. The van der Waals surface area contributed by atoms with Crippen molar-refractivity contribution in [2.24, 2.45) is 5.92 Å². The predicted molar refractivity (Wildman–Crippen MR) is 91.1 cm³/mol. The molecule has 2 heteroatoms. The maximum Gasteiger partial charge on any atom is 0.227 e. The topological polar surface area (TPSA) is 29.1 Å². The molecule has 2 aromatic carbocycles. The fourth-order valence-corrected chi connectivity index (χ4v) is 3.07.